The SMILES string of the molecule is O=C(COC[C@H]1CCCCO1)N1CCc2c(nc[nH]c2=O)C1. The summed E-state index contributed by atoms with van der Waals surface area (Å²) >= 11 is 0. The van der Waals surface area contributed by atoms with E-state index in [2.05, 4.69) is 9.97 Å². The van der Waals surface area contributed by atoms with Crippen LogP contribution >= 0.6 is 0 Å². The van der Waals surface area contributed by atoms with Gasteiger partial charge in [-0.2, -0.15) is 0 Å². The van der Waals surface area contributed by atoms with E-state index >= 15 is 0 Å². The van der Waals surface area contributed by atoms with Gasteiger partial charge in [0.05, 0.1) is 31.3 Å². The number of hydrogen-bond acceptors (Lipinski definition) is 5. The molecule has 0 spiro atoms. The Balaban J connectivity index is 1.48. The maximum atomic E-state index is 12.2. The molecule has 2 aliphatic rings. The van der Waals surface area contributed by atoms with Crippen LogP contribution in [0.5, 0.6) is 0 Å². The summed E-state index contributed by atoms with van der Waals surface area (Å²) < 4.78 is 11.1. The first-order chi connectivity index (χ1) is 10.7. The van der Waals surface area contributed by atoms with Crippen molar-refractivity contribution in [2.75, 3.05) is 26.4 Å². The fourth-order valence-electron chi connectivity index (χ4n) is 2.89. The lowest BCUT2D eigenvalue weighted by Gasteiger charge is -2.28. The second kappa shape index (κ2) is 7.02. The molecule has 1 N–H and O–H groups in total. The molecule has 22 heavy (non-hydrogen) atoms. The number of carbonyl (C=O) groups is 1. The molecule has 3 heterocycles. The first-order valence-corrected chi connectivity index (χ1v) is 7.76. The van der Waals surface area contributed by atoms with Crippen molar-refractivity contribution < 1.29 is 14.3 Å². The summed E-state index contributed by atoms with van der Waals surface area (Å²) in [6.07, 6.45) is 5.30. The highest BCUT2D eigenvalue weighted by molar-refractivity contribution is 5.77. The van der Waals surface area contributed by atoms with Crippen molar-refractivity contribution in [2.24, 2.45) is 0 Å². The molecule has 7 nitrogen and oxygen atoms in total. The van der Waals surface area contributed by atoms with Crippen LogP contribution in [0, 0.1) is 0 Å². The number of nitrogens with zero attached hydrogens (tertiary/aromatic N) is 2. The number of amides is 1. The van der Waals surface area contributed by atoms with Gasteiger partial charge >= 0.3 is 0 Å². The third-order valence-corrected chi connectivity index (χ3v) is 4.17. The molecule has 1 fully saturated rings. The predicted octanol–water partition coefficient (Wildman–Crippen LogP) is 0.240. The molecule has 120 valence electrons. The van der Waals surface area contributed by atoms with Crippen molar-refractivity contribution >= 4 is 5.91 Å². The highest BCUT2D eigenvalue weighted by Crippen LogP contribution is 2.14. The molecular formula is C15H21N3O4. The Morgan fingerprint density at radius 1 is 1.50 bits per heavy atom. The van der Waals surface area contributed by atoms with Crippen LogP contribution in [0.2, 0.25) is 0 Å². The summed E-state index contributed by atoms with van der Waals surface area (Å²) in [5.74, 6) is -0.0662. The molecule has 2 aliphatic heterocycles. The van der Waals surface area contributed by atoms with Gasteiger partial charge in [0, 0.05) is 18.7 Å². The molecule has 1 aromatic rings. The van der Waals surface area contributed by atoms with E-state index in [9.17, 15) is 9.59 Å². The Hall–Kier alpha value is -1.73. The van der Waals surface area contributed by atoms with Crippen LogP contribution in [0.15, 0.2) is 11.1 Å². The molecule has 0 bridgehead atoms. The van der Waals surface area contributed by atoms with Gasteiger partial charge in [-0.1, -0.05) is 0 Å². The van der Waals surface area contributed by atoms with Gasteiger partial charge < -0.3 is 19.4 Å². The molecule has 7 heteroatoms. The smallest absolute Gasteiger partial charge is 0.254 e. The average Bonchev–Trinajstić information content (AvgIpc) is 2.55. The van der Waals surface area contributed by atoms with E-state index in [1.165, 1.54) is 6.33 Å². The van der Waals surface area contributed by atoms with Gasteiger partial charge in [-0.05, 0) is 25.7 Å². The fraction of sp³-hybridized carbons (Fsp3) is 0.667. The number of hydrogen-bond donors (Lipinski definition) is 1. The Kier molecular flexibility index (Phi) is 4.84. The molecular weight excluding hydrogens is 286 g/mol. The van der Waals surface area contributed by atoms with Crippen molar-refractivity contribution in [3.8, 4) is 0 Å². The Bertz CT molecular complexity index is 580. The monoisotopic (exact) mass is 307 g/mol. The lowest BCUT2D eigenvalue weighted by atomic mass is 10.1. The average molecular weight is 307 g/mol. The van der Waals surface area contributed by atoms with Crippen LogP contribution in [0.25, 0.3) is 0 Å². The lowest BCUT2D eigenvalue weighted by molar-refractivity contribution is -0.139. The first kappa shape index (κ1) is 15.2. The number of aromatic amines is 1. The molecule has 0 radical (unpaired) electrons. The Labute approximate surface area is 128 Å². The summed E-state index contributed by atoms with van der Waals surface area (Å²) in [6, 6.07) is 0. The number of fused-ring (bicyclic) bond motifs is 1. The highest BCUT2D eigenvalue weighted by Gasteiger charge is 2.23. The van der Waals surface area contributed by atoms with E-state index in [0.29, 0.717) is 37.4 Å². The summed E-state index contributed by atoms with van der Waals surface area (Å²) in [7, 11) is 0. The molecule has 0 unspecified atom stereocenters. The number of rotatable bonds is 4. The molecule has 0 saturated carbocycles. The molecule has 0 aromatic carbocycles. The Morgan fingerprint density at radius 2 is 2.41 bits per heavy atom. The normalized spacial score (nSPS) is 21.5. The van der Waals surface area contributed by atoms with Gasteiger partial charge in [0.25, 0.3) is 5.56 Å². The zero-order valence-electron chi connectivity index (χ0n) is 12.5. The second-order valence-electron chi connectivity index (χ2n) is 5.73. The fourth-order valence-corrected chi connectivity index (χ4v) is 2.89. The molecule has 1 aromatic heterocycles. The number of H-pyrrole nitrogens is 1. The number of nitrogens with one attached hydrogen (secondary N) is 1. The van der Waals surface area contributed by atoms with E-state index in [4.69, 9.17) is 9.47 Å². The molecule has 1 saturated heterocycles. The van der Waals surface area contributed by atoms with Gasteiger partial charge in [0.2, 0.25) is 5.91 Å². The van der Waals surface area contributed by atoms with Gasteiger partial charge in [-0.15, -0.1) is 0 Å². The summed E-state index contributed by atoms with van der Waals surface area (Å²) in [5.41, 5.74) is 1.25. The highest BCUT2D eigenvalue weighted by atomic mass is 16.5. The maximum absolute atomic E-state index is 12.2. The molecule has 0 aliphatic carbocycles. The minimum Gasteiger partial charge on any atom is -0.376 e. The quantitative estimate of drug-likeness (QED) is 0.861. The van der Waals surface area contributed by atoms with Crippen LogP contribution in [-0.2, 0) is 27.2 Å². The molecule has 1 amide bonds. The predicted molar refractivity (Wildman–Crippen MR) is 78.4 cm³/mol. The maximum Gasteiger partial charge on any atom is 0.254 e. The minimum absolute atomic E-state index is 0.0540. The van der Waals surface area contributed by atoms with Crippen molar-refractivity contribution in [3.63, 3.8) is 0 Å². The first-order valence-electron chi connectivity index (χ1n) is 7.76. The lowest BCUT2D eigenvalue weighted by Crippen LogP contribution is -2.41. The van der Waals surface area contributed by atoms with Crippen molar-refractivity contribution in [3.05, 3.63) is 27.9 Å². The number of ether oxygens (including phenoxy) is 2. The molecule has 1 atom stereocenters. The largest absolute Gasteiger partial charge is 0.376 e. The van der Waals surface area contributed by atoms with Crippen LogP contribution in [0.1, 0.15) is 30.5 Å². The van der Waals surface area contributed by atoms with E-state index in [0.717, 1.165) is 25.9 Å². The number of aromatic nitrogens is 2. The van der Waals surface area contributed by atoms with Gasteiger partial charge in [0.1, 0.15) is 6.61 Å². The standard InChI is InChI=1S/C15H21N3O4/c19-14(9-21-8-11-3-1-2-6-22-11)18-5-4-12-13(7-18)16-10-17-15(12)20/h10-11H,1-9H2,(H,16,17,20)/t11-/m1/s1. The van der Waals surface area contributed by atoms with Crippen LogP contribution in [-0.4, -0.2) is 53.2 Å². The zero-order valence-corrected chi connectivity index (χ0v) is 12.5. The van der Waals surface area contributed by atoms with Gasteiger partial charge in [-0.3, -0.25) is 9.59 Å². The topological polar surface area (TPSA) is 84.5 Å². The van der Waals surface area contributed by atoms with Gasteiger partial charge in [-0.25, -0.2) is 4.98 Å². The van der Waals surface area contributed by atoms with Crippen LogP contribution < -0.4 is 5.56 Å². The van der Waals surface area contributed by atoms with Crippen LogP contribution in [0.4, 0.5) is 0 Å². The van der Waals surface area contributed by atoms with Gasteiger partial charge in [0.15, 0.2) is 0 Å². The molecule has 3 rings (SSSR count). The second-order valence-corrected chi connectivity index (χ2v) is 5.73. The van der Waals surface area contributed by atoms with Crippen molar-refractivity contribution in [2.45, 2.75) is 38.3 Å². The Morgan fingerprint density at radius 3 is 3.23 bits per heavy atom. The van der Waals surface area contributed by atoms with E-state index < -0.39 is 0 Å². The van der Waals surface area contributed by atoms with E-state index in [-0.39, 0.29) is 24.2 Å². The van der Waals surface area contributed by atoms with E-state index in [1.807, 2.05) is 0 Å². The summed E-state index contributed by atoms with van der Waals surface area (Å²) in [4.78, 5) is 32.2. The summed E-state index contributed by atoms with van der Waals surface area (Å²) in [6.45, 7) is 2.21. The zero-order chi connectivity index (χ0) is 15.4. The van der Waals surface area contributed by atoms with Crippen molar-refractivity contribution in [1.29, 1.82) is 0 Å². The van der Waals surface area contributed by atoms with E-state index in [1.54, 1.807) is 4.90 Å². The third kappa shape index (κ3) is 3.53. The summed E-state index contributed by atoms with van der Waals surface area (Å²) in [5, 5.41) is 0. The van der Waals surface area contributed by atoms with Crippen molar-refractivity contribution in [1.82, 2.24) is 14.9 Å². The third-order valence-electron chi connectivity index (χ3n) is 4.17. The van der Waals surface area contributed by atoms with Crippen LogP contribution in [0.3, 0.4) is 0 Å². The number of carbonyl (C=O) groups excluding carboxylic acids is 1. The minimum atomic E-state index is -0.109.